The molecule has 0 radical (unpaired) electrons. The van der Waals surface area contributed by atoms with Gasteiger partial charge in [-0.3, -0.25) is 0 Å². The van der Waals surface area contributed by atoms with Crippen LogP contribution >= 0.6 is 27.5 Å². The highest BCUT2D eigenvalue weighted by atomic mass is 79.9. The molecule has 0 amide bonds. The van der Waals surface area contributed by atoms with Crippen LogP contribution in [0.15, 0.2) is 40.9 Å². The van der Waals surface area contributed by atoms with Crippen LogP contribution in [0.2, 0.25) is 5.02 Å². The lowest BCUT2D eigenvalue weighted by Gasteiger charge is -2.11. The number of nitrogens with one attached hydrogen (secondary N) is 1. The van der Waals surface area contributed by atoms with Gasteiger partial charge < -0.3 is 5.32 Å². The summed E-state index contributed by atoms with van der Waals surface area (Å²) in [7, 11) is 0. The minimum atomic E-state index is 0.487. The Balaban J connectivity index is 2.46. The van der Waals surface area contributed by atoms with E-state index in [2.05, 4.69) is 27.3 Å². The van der Waals surface area contributed by atoms with E-state index in [1.807, 2.05) is 12.1 Å². The highest BCUT2D eigenvalue weighted by Gasteiger charge is 2.08. The van der Waals surface area contributed by atoms with Crippen LogP contribution in [0.4, 0.5) is 11.4 Å². The first kappa shape index (κ1) is 13.4. The summed E-state index contributed by atoms with van der Waals surface area (Å²) in [6.45, 7) is 0. The third-order valence-electron chi connectivity index (χ3n) is 2.49. The van der Waals surface area contributed by atoms with Crippen molar-refractivity contribution < 1.29 is 0 Å². The summed E-state index contributed by atoms with van der Waals surface area (Å²) < 4.78 is 0.701. The second kappa shape index (κ2) is 5.75. The monoisotopic (exact) mass is 331 g/mol. The molecule has 0 atom stereocenters. The van der Waals surface area contributed by atoms with Gasteiger partial charge >= 0.3 is 0 Å². The molecule has 19 heavy (non-hydrogen) atoms. The molecular formula is C14H7BrClN3. The molecule has 3 nitrogen and oxygen atoms in total. The summed E-state index contributed by atoms with van der Waals surface area (Å²) in [4.78, 5) is 0. The van der Waals surface area contributed by atoms with Crippen molar-refractivity contribution in [3.05, 3.63) is 57.0 Å². The highest BCUT2D eigenvalue weighted by Crippen LogP contribution is 2.30. The largest absolute Gasteiger partial charge is 0.353 e. The van der Waals surface area contributed by atoms with Crippen LogP contribution in [0.5, 0.6) is 0 Å². The molecule has 0 bridgehead atoms. The zero-order valence-electron chi connectivity index (χ0n) is 9.61. The van der Waals surface area contributed by atoms with Crippen LogP contribution in [-0.4, -0.2) is 0 Å². The van der Waals surface area contributed by atoms with E-state index in [-0.39, 0.29) is 0 Å². The van der Waals surface area contributed by atoms with E-state index in [0.717, 1.165) is 0 Å². The van der Waals surface area contributed by atoms with Crippen LogP contribution < -0.4 is 5.32 Å². The zero-order valence-corrected chi connectivity index (χ0v) is 12.0. The number of anilines is 2. The Hall–Kier alpha value is -2.01. The first-order chi connectivity index (χ1) is 9.15. The van der Waals surface area contributed by atoms with Gasteiger partial charge in [-0.25, -0.2) is 0 Å². The standard InChI is InChI=1S/C14H7BrClN3/c15-11-2-1-3-13(10(11)8-18)19-14-6-9(7-17)4-5-12(14)16/h1-6,19H. The number of halogens is 2. The zero-order chi connectivity index (χ0) is 13.8. The number of nitrogens with zero attached hydrogens (tertiary/aromatic N) is 2. The van der Waals surface area contributed by atoms with Crippen molar-refractivity contribution in [2.45, 2.75) is 0 Å². The van der Waals surface area contributed by atoms with Crippen molar-refractivity contribution >= 4 is 38.9 Å². The minimum Gasteiger partial charge on any atom is -0.353 e. The Morgan fingerprint density at radius 2 is 1.84 bits per heavy atom. The summed E-state index contributed by atoms with van der Waals surface area (Å²) in [5.41, 5.74) is 2.21. The molecule has 5 heteroatoms. The van der Waals surface area contributed by atoms with Crippen molar-refractivity contribution in [3.63, 3.8) is 0 Å². The van der Waals surface area contributed by atoms with Crippen molar-refractivity contribution in [3.8, 4) is 12.1 Å². The Morgan fingerprint density at radius 3 is 2.53 bits per heavy atom. The van der Waals surface area contributed by atoms with Crippen LogP contribution in [0, 0.1) is 22.7 Å². The number of nitriles is 2. The summed E-state index contributed by atoms with van der Waals surface area (Å²) in [6, 6.07) is 14.5. The first-order valence-electron chi connectivity index (χ1n) is 5.31. The van der Waals surface area contributed by atoms with Crippen LogP contribution in [-0.2, 0) is 0 Å². The lowest BCUT2D eigenvalue weighted by Crippen LogP contribution is -1.95. The lowest BCUT2D eigenvalue weighted by atomic mass is 10.1. The molecule has 0 unspecified atom stereocenters. The van der Waals surface area contributed by atoms with Gasteiger partial charge in [-0.15, -0.1) is 0 Å². The van der Waals surface area contributed by atoms with Crippen LogP contribution in [0.25, 0.3) is 0 Å². The third-order valence-corrected chi connectivity index (χ3v) is 3.48. The van der Waals surface area contributed by atoms with Crippen molar-refractivity contribution in [1.82, 2.24) is 0 Å². The Kier molecular flexibility index (Phi) is 4.06. The normalized spacial score (nSPS) is 9.47. The SMILES string of the molecule is N#Cc1ccc(Cl)c(Nc2cccc(Br)c2C#N)c1. The fourth-order valence-corrected chi connectivity index (χ4v) is 2.20. The Bertz CT molecular complexity index is 714. The lowest BCUT2D eigenvalue weighted by molar-refractivity contribution is 1.43. The van der Waals surface area contributed by atoms with Gasteiger partial charge in [0, 0.05) is 4.47 Å². The van der Waals surface area contributed by atoms with E-state index < -0.39 is 0 Å². The predicted molar refractivity (Wildman–Crippen MR) is 78.3 cm³/mol. The number of benzene rings is 2. The highest BCUT2D eigenvalue weighted by molar-refractivity contribution is 9.10. The predicted octanol–water partition coefficient (Wildman–Crippen LogP) is 4.59. The van der Waals surface area contributed by atoms with Gasteiger partial charge in [-0.1, -0.05) is 17.7 Å². The Morgan fingerprint density at radius 1 is 1.05 bits per heavy atom. The van der Waals surface area contributed by atoms with E-state index in [1.165, 1.54) is 0 Å². The molecule has 1 N–H and O–H groups in total. The topological polar surface area (TPSA) is 59.6 Å². The van der Waals surface area contributed by atoms with Crippen LogP contribution in [0.3, 0.4) is 0 Å². The summed E-state index contributed by atoms with van der Waals surface area (Å²) >= 11 is 9.39. The van der Waals surface area contributed by atoms with Gasteiger partial charge in [-0.2, -0.15) is 10.5 Å². The molecule has 0 saturated heterocycles. The molecule has 0 aliphatic carbocycles. The molecular weight excluding hydrogens is 326 g/mol. The summed E-state index contributed by atoms with van der Waals surface area (Å²) in [5, 5.41) is 21.6. The van der Waals surface area contributed by atoms with E-state index in [1.54, 1.807) is 30.3 Å². The fraction of sp³-hybridized carbons (Fsp3) is 0. The van der Waals surface area contributed by atoms with Crippen molar-refractivity contribution in [1.29, 1.82) is 10.5 Å². The van der Waals surface area contributed by atoms with Gasteiger partial charge in [0.2, 0.25) is 0 Å². The second-order valence-corrected chi connectivity index (χ2v) is 4.97. The van der Waals surface area contributed by atoms with E-state index in [9.17, 15) is 0 Å². The summed E-state index contributed by atoms with van der Waals surface area (Å²) in [6.07, 6.45) is 0. The maximum atomic E-state index is 9.14. The van der Waals surface area contributed by atoms with Crippen molar-refractivity contribution in [2.24, 2.45) is 0 Å². The quantitative estimate of drug-likeness (QED) is 0.875. The molecule has 0 spiro atoms. The molecule has 2 aromatic carbocycles. The average molecular weight is 333 g/mol. The number of hydrogen-bond donors (Lipinski definition) is 1. The van der Waals surface area contributed by atoms with Crippen molar-refractivity contribution in [2.75, 3.05) is 5.32 Å². The summed E-state index contributed by atoms with van der Waals surface area (Å²) in [5.74, 6) is 0. The molecule has 0 fully saturated rings. The van der Waals surface area contributed by atoms with Gasteiger partial charge in [0.25, 0.3) is 0 Å². The maximum absolute atomic E-state index is 9.14. The van der Waals surface area contributed by atoms with E-state index in [0.29, 0.717) is 32.0 Å². The molecule has 0 aromatic heterocycles. The molecule has 2 aromatic rings. The minimum absolute atomic E-state index is 0.487. The smallest absolute Gasteiger partial charge is 0.103 e. The molecule has 0 heterocycles. The first-order valence-corrected chi connectivity index (χ1v) is 6.48. The van der Waals surface area contributed by atoms with E-state index in [4.69, 9.17) is 22.1 Å². The third kappa shape index (κ3) is 2.88. The fourth-order valence-electron chi connectivity index (χ4n) is 1.58. The Labute approximate surface area is 124 Å². The van der Waals surface area contributed by atoms with E-state index >= 15 is 0 Å². The molecule has 2 rings (SSSR count). The number of rotatable bonds is 2. The molecule has 0 saturated carbocycles. The van der Waals surface area contributed by atoms with Gasteiger partial charge in [0.15, 0.2) is 0 Å². The average Bonchev–Trinajstić information content (AvgIpc) is 2.41. The maximum Gasteiger partial charge on any atom is 0.103 e. The number of hydrogen-bond acceptors (Lipinski definition) is 3. The van der Waals surface area contributed by atoms with Crippen LogP contribution in [0.1, 0.15) is 11.1 Å². The van der Waals surface area contributed by atoms with Gasteiger partial charge in [-0.05, 0) is 46.3 Å². The molecule has 0 aliphatic rings. The molecule has 0 aliphatic heterocycles. The van der Waals surface area contributed by atoms with Gasteiger partial charge in [0.05, 0.1) is 33.6 Å². The molecule has 92 valence electrons. The second-order valence-electron chi connectivity index (χ2n) is 3.71. The van der Waals surface area contributed by atoms with Gasteiger partial charge in [0.1, 0.15) is 6.07 Å².